The van der Waals surface area contributed by atoms with Crippen LogP contribution in [0.4, 0.5) is 0 Å². The molecule has 0 spiro atoms. The fourth-order valence-electron chi connectivity index (χ4n) is 2.21. The Bertz CT molecular complexity index is 512. The lowest BCUT2D eigenvalue weighted by molar-refractivity contribution is 0.281. The number of pyridine rings is 1. The molecule has 0 saturated carbocycles. The van der Waals surface area contributed by atoms with Crippen molar-refractivity contribution in [2.75, 3.05) is 26.2 Å². The topological polar surface area (TPSA) is 65.5 Å². The molecule has 1 aromatic heterocycles. The van der Waals surface area contributed by atoms with Gasteiger partial charge in [-0.05, 0) is 26.0 Å². The fraction of sp³-hybridized carbons (Fsp3) is 0.615. The molecule has 0 bridgehead atoms. The largest absolute Gasteiger partial charge is 0.314 e. The molecular weight excluding hydrogens is 276 g/mol. The quantitative estimate of drug-likeness (QED) is 0.857. The average Bonchev–Trinajstić information content (AvgIpc) is 2.46. The zero-order valence-corrected chi connectivity index (χ0v) is 12.8. The van der Waals surface area contributed by atoms with E-state index in [1.165, 1.54) is 4.31 Å². The Balaban J connectivity index is 2.19. The number of hydrogen-bond acceptors (Lipinski definition) is 4. The van der Waals surface area contributed by atoms with E-state index < -0.39 is 10.2 Å². The van der Waals surface area contributed by atoms with Crippen molar-refractivity contribution in [3.8, 4) is 0 Å². The highest BCUT2D eigenvalue weighted by Gasteiger charge is 2.32. The van der Waals surface area contributed by atoms with Crippen molar-refractivity contribution in [3.05, 3.63) is 30.1 Å². The van der Waals surface area contributed by atoms with Crippen molar-refractivity contribution in [1.82, 2.24) is 18.9 Å². The summed E-state index contributed by atoms with van der Waals surface area (Å²) in [5.74, 6) is 0. The van der Waals surface area contributed by atoms with Gasteiger partial charge in [0.15, 0.2) is 0 Å². The van der Waals surface area contributed by atoms with Crippen molar-refractivity contribution in [3.63, 3.8) is 0 Å². The van der Waals surface area contributed by atoms with E-state index in [0.717, 1.165) is 5.69 Å². The van der Waals surface area contributed by atoms with Gasteiger partial charge in [0.25, 0.3) is 10.2 Å². The molecule has 1 fully saturated rings. The molecule has 112 valence electrons. The van der Waals surface area contributed by atoms with Crippen molar-refractivity contribution < 1.29 is 8.42 Å². The second kappa shape index (κ2) is 6.62. The molecule has 2 rings (SSSR count). The predicted molar refractivity (Wildman–Crippen MR) is 78.3 cm³/mol. The van der Waals surface area contributed by atoms with Gasteiger partial charge in [-0.2, -0.15) is 17.0 Å². The zero-order chi connectivity index (χ0) is 14.6. The highest BCUT2D eigenvalue weighted by Crippen LogP contribution is 2.16. The maximum atomic E-state index is 12.7. The summed E-state index contributed by atoms with van der Waals surface area (Å²) in [6.07, 6.45) is 1.69. The molecule has 0 amide bonds. The molecule has 2 heterocycles. The van der Waals surface area contributed by atoms with Crippen molar-refractivity contribution in [2.45, 2.75) is 26.4 Å². The van der Waals surface area contributed by atoms with E-state index in [2.05, 4.69) is 10.3 Å². The highest BCUT2D eigenvalue weighted by atomic mass is 32.2. The van der Waals surface area contributed by atoms with Crippen molar-refractivity contribution >= 4 is 10.2 Å². The van der Waals surface area contributed by atoms with Crippen LogP contribution in [0.5, 0.6) is 0 Å². The van der Waals surface area contributed by atoms with Crippen LogP contribution in [-0.4, -0.2) is 54.2 Å². The summed E-state index contributed by atoms with van der Waals surface area (Å²) < 4.78 is 28.5. The van der Waals surface area contributed by atoms with Crippen LogP contribution in [0.15, 0.2) is 24.4 Å². The first-order valence-electron chi connectivity index (χ1n) is 6.89. The minimum atomic E-state index is -3.43. The fourth-order valence-corrected chi connectivity index (χ4v) is 3.97. The van der Waals surface area contributed by atoms with Crippen LogP contribution >= 0.6 is 0 Å². The van der Waals surface area contributed by atoms with E-state index in [-0.39, 0.29) is 6.04 Å². The first kappa shape index (κ1) is 15.4. The number of aromatic nitrogens is 1. The maximum Gasteiger partial charge on any atom is 0.282 e. The first-order chi connectivity index (χ1) is 9.51. The average molecular weight is 298 g/mol. The molecule has 0 aliphatic carbocycles. The van der Waals surface area contributed by atoms with Crippen LogP contribution in [-0.2, 0) is 16.8 Å². The van der Waals surface area contributed by atoms with E-state index in [0.29, 0.717) is 32.7 Å². The maximum absolute atomic E-state index is 12.7. The zero-order valence-electron chi connectivity index (χ0n) is 12.0. The normalized spacial score (nSPS) is 17.8. The second-order valence-corrected chi connectivity index (χ2v) is 7.00. The third kappa shape index (κ3) is 3.54. The van der Waals surface area contributed by atoms with E-state index in [1.807, 2.05) is 32.0 Å². The Labute approximate surface area is 121 Å². The number of rotatable bonds is 5. The summed E-state index contributed by atoms with van der Waals surface area (Å²) in [5.41, 5.74) is 0.764. The van der Waals surface area contributed by atoms with Crippen LogP contribution < -0.4 is 5.32 Å². The molecule has 1 saturated heterocycles. The standard InChI is InChI=1S/C13H22N4O2S/c1-12(2)17(11-13-5-3-4-6-15-13)20(18,19)16-9-7-14-8-10-16/h3-6,12,14H,7-11H2,1-2H3. The minimum absolute atomic E-state index is 0.100. The van der Waals surface area contributed by atoms with E-state index >= 15 is 0 Å². The molecule has 7 heteroatoms. The number of nitrogens with one attached hydrogen (secondary N) is 1. The van der Waals surface area contributed by atoms with Crippen LogP contribution in [0, 0.1) is 0 Å². The van der Waals surface area contributed by atoms with Gasteiger partial charge < -0.3 is 5.32 Å². The minimum Gasteiger partial charge on any atom is -0.314 e. The third-order valence-corrected chi connectivity index (χ3v) is 5.48. The molecule has 0 radical (unpaired) electrons. The van der Waals surface area contributed by atoms with Crippen LogP contribution in [0.2, 0.25) is 0 Å². The van der Waals surface area contributed by atoms with Gasteiger partial charge in [0.05, 0.1) is 12.2 Å². The monoisotopic (exact) mass is 298 g/mol. The number of piperazine rings is 1. The van der Waals surface area contributed by atoms with Crippen LogP contribution in [0.25, 0.3) is 0 Å². The summed E-state index contributed by atoms with van der Waals surface area (Å²) in [7, 11) is -3.43. The smallest absolute Gasteiger partial charge is 0.282 e. The number of nitrogens with zero attached hydrogens (tertiary/aromatic N) is 3. The summed E-state index contributed by atoms with van der Waals surface area (Å²) in [4.78, 5) is 4.22. The number of hydrogen-bond donors (Lipinski definition) is 1. The molecular formula is C13H22N4O2S. The van der Waals surface area contributed by atoms with E-state index in [1.54, 1.807) is 10.5 Å². The molecule has 0 atom stereocenters. The molecule has 1 aliphatic heterocycles. The molecule has 6 nitrogen and oxygen atoms in total. The lowest BCUT2D eigenvalue weighted by atomic mass is 10.3. The van der Waals surface area contributed by atoms with Gasteiger partial charge in [0, 0.05) is 38.4 Å². The summed E-state index contributed by atoms with van der Waals surface area (Å²) in [6, 6.07) is 5.45. The Morgan fingerprint density at radius 3 is 2.60 bits per heavy atom. The lowest BCUT2D eigenvalue weighted by Crippen LogP contribution is -2.53. The van der Waals surface area contributed by atoms with Crippen LogP contribution in [0.1, 0.15) is 19.5 Å². The summed E-state index contributed by atoms with van der Waals surface area (Å²) >= 11 is 0. The molecule has 0 unspecified atom stereocenters. The van der Waals surface area contributed by atoms with Gasteiger partial charge in [-0.25, -0.2) is 0 Å². The van der Waals surface area contributed by atoms with Gasteiger partial charge in [0.1, 0.15) is 0 Å². The summed E-state index contributed by atoms with van der Waals surface area (Å²) in [5, 5.41) is 3.17. The molecule has 1 N–H and O–H groups in total. The molecule has 1 aromatic rings. The summed E-state index contributed by atoms with van der Waals surface area (Å²) in [6.45, 7) is 6.54. The Morgan fingerprint density at radius 1 is 1.35 bits per heavy atom. The van der Waals surface area contributed by atoms with E-state index in [4.69, 9.17) is 0 Å². The van der Waals surface area contributed by atoms with Gasteiger partial charge in [-0.3, -0.25) is 4.98 Å². The molecule has 0 aromatic carbocycles. The van der Waals surface area contributed by atoms with Gasteiger partial charge in [0.2, 0.25) is 0 Å². The highest BCUT2D eigenvalue weighted by molar-refractivity contribution is 7.86. The SMILES string of the molecule is CC(C)N(Cc1ccccn1)S(=O)(=O)N1CCNCC1. The van der Waals surface area contributed by atoms with Crippen molar-refractivity contribution in [1.29, 1.82) is 0 Å². The van der Waals surface area contributed by atoms with Gasteiger partial charge in [-0.15, -0.1) is 0 Å². The second-order valence-electron chi connectivity index (χ2n) is 5.12. The van der Waals surface area contributed by atoms with Gasteiger partial charge >= 0.3 is 0 Å². The Hall–Kier alpha value is -1.02. The van der Waals surface area contributed by atoms with Gasteiger partial charge in [-0.1, -0.05) is 6.07 Å². The first-order valence-corrected chi connectivity index (χ1v) is 8.29. The third-order valence-electron chi connectivity index (χ3n) is 3.32. The Morgan fingerprint density at radius 2 is 2.05 bits per heavy atom. The van der Waals surface area contributed by atoms with Crippen LogP contribution in [0.3, 0.4) is 0 Å². The predicted octanol–water partition coefficient (Wildman–Crippen LogP) is 0.442. The van der Waals surface area contributed by atoms with Crippen molar-refractivity contribution in [2.24, 2.45) is 0 Å². The molecule has 1 aliphatic rings. The Kier molecular flexibility index (Phi) is 5.09. The lowest BCUT2D eigenvalue weighted by Gasteiger charge is -2.34. The molecule has 20 heavy (non-hydrogen) atoms. The van der Waals surface area contributed by atoms with E-state index in [9.17, 15) is 8.42 Å².